The molecule has 0 radical (unpaired) electrons. The number of carbonyl (C=O) groups is 1. The van der Waals surface area contributed by atoms with E-state index < -0.39 is 5.41 Å². The molecule has 2 aromatic rings. The van der Waals surface area contributed by atoms with Gasteiger partial charge in [-0.15, -0.1) is 0 Å². The Bertz CT molecular complexity index is 900. The van der Waals surface area contributed by atoms with Crippen LogP contribution in [0.5, 0.6) is 5.75 Å². The molecular formula is C21H20Cl2N2O2. The van der Waals surface area contributed by atoms with E-state index >= 15 is 0 Å². The Morgan fingerprint density at radius 1 is 1.22 bits per heavy atom. The first-order valence-corrected chi connectivity index (χ1v) is 9.69. The van der Waals surface area contributed by atoms with E-state index in [4.69, 9.17) is 27.9 Å². The molecule has 1 fully saturated rings. The zero-order valence-corrected chi connectivity index (χ0v) is 16.5. The van der Waals surface area contributed by atoms with Crippen molar-refractivity contribution in [3.05, 3.63) is 57.6 Å². The number of benzene rings is 2. The molecule has 1 saturated carbocycles. The molecule has 1 aliphatic rings. The van der Waals surface area contributed by atoms with Gasteiger partial charge in [-0.05, 0) is 55.7 Å². The summed E-state index contributed by atoms with van der Waals surface area (Å²) in [7, 11) is 0. The monoisotopic (exact) mass is 402 g/mol. The maximum absolute atomic E-state index is 13.3. The maximum atomic E-state index is 13.3. The molecule has 27 heavy (non-hydrogen) atoms. The molecular weight excluding hydrogens is 383 g/mol. The van der Waals surface area contributed by atoms with Crippen LogP contribution < -0.4 is 10.1 Å². The molecule has 6 heteroatoms. The average molecular weight is 403 g/mol. The van der Waals surface area contributed by atoms with Gasteiger partial charge in [-0.3, -0.25) is 4.79 Å². The van der Waals surface area contributed by atoms with Gasteiger partial charge in [0.15, 0.2) is 0 Å². The van der Waals surface area contributed by atoms with Gasteiger partial charge in [-0.25, -0.2) is 0 Å². The fraction of sp³-hybridized carbons (Fsp3) is 0.333. The van der Waals surface area contributed by atoms with Crippen molar-refractivity contribution in [2.45, 2.75) is 38.0 Å². The van der Waals surface area contributed by atoms with Crippen molar-refractivity contribution in [3.63, 3.8) is 0 Å². The molecule has 2 aromatic carbocycles. The predicted molar refractivity (Wildman–Crippen MR) is 108 cm³/mol. The fourth-order valence-electron chi connectivity index (χ4n) is 3.70. The second-order valence-electron chi connectivity index (χ2n) is 6.62. The van der Waals surface area contributed by atoms with Crippen LogP contribution in [0.2, 0.25) is 10.0 Å². The van der Waals surface area contributed by atoms with Crippen LogP contribution in [0.4, 0.5) is 5.69 Å². The average Bonchev–Trinajstić information content (AvgIpc) is 3.14. The highest BCUT2D eigenvalue weighted by Crippen LogP contribution is 2.45. The summed E-state index contributed by atoms with van der Waals surface area (Å²) in [6.45, 7) is 2.39. The highest BCUT2D eigenvalue weighted by atomic mass is 35.5. The largest absolute Gasteiger partial charge is 0.494 e. The zero-order chi connectivity index (χ0) is 19.4. The Morgan fingerprint density at radius 3 is 2.59 bits per heavy atom. The Hall–Kier alpha value is -2.22. The Balaban J connectivity index is 1.94. The van der Waals surface area contributed by atoms with Gasteiger partial charge in [0, 0.05) is 10.0 Å². The summed E-state index contributed by atoms with van der Waals surface area (Å²) in [5, 5.41) is 13.4. The van der Waals surface area contributed by atoms with Gasteiger partial charge in [-0.2, -0.15) is 5.26 Å². The van der Waals surface area contributed by atoms with Crippen LogP contribution in [-0.4, -0.2) is 12.5 Å². The number of amides is 1. The third-order valence-corrected chi connectivity index (χ3v) is 5.56. The van der Waals surface area contributed by atoms with Crippen LogP contribution in [0, 0.1) is 11.3 Å². The van der Waals surface area contributed by atoms with Crippen molar-refractivity contribution in [2.75, 3.05) is 11.9 Å². The first kappa shape index (κ1) is 19.5. The number of halogens is 2. The lowest BCUT2D eigenvalue weighted by Crippen LogP contribution is -2.38. The van der Waals surface area contributed by atoms with Crippen LogP contribution in [0.15, 0.2) is 36.4 Å². The molecule has 140 valence electrons. The van der Waals surface area contributed by atoms with Gasteiger partial charge in [0.25, 0.3) is 0 Å². The van der Waals surface area contributed by atoms with Crippen LogP contribution in [0.1, 0.15) is 43.7 Å². The summed E-state index contributed by atoms with van der Waals surface area (Å²) >= 11 is 12.5. The standard InChI is InChI=1S/C21H20Cl2N2O2/c1-2-27-16-6-8-19(14(11-16)13-24)25-20(26)21(9-3-4-10-21)17-7-5-15(22)12-18(17)23/h5-8,11-12H,2-4,9-10H2,1H3,(H,25,26). The number of nitrogens with zero attached hydrogens (tertiary/aromatic N) is 1. The molecule has 1 amide bonds. The van der Waals surface area contributed by atoms with E-state index in [2.05, 4.69) is 11.4 Å². The molecule has 0 spiro atoms. The summed E-state index contributed by atoms with van der Waals surface area (Å²) in [4.78, 5) is 13.3. The molecule has 3 rings (SSSR count). The topological polar surface area (TPSA) is 62.1 Å². The third kappa shape index (κ3) is 3.90. The van der Waals surface area contributed by atoms with Gasteiger partial charge in [-0.1, -0.05) is 42.1 Å². The van der Waals surface area contributed by atoms with Gasteiger partial charge >= 0.3 is 0 Å². The number of anilines is 1. The Labute approximate surface area is 169 Å². The van der Waals surface area contributed by atoms with E-state index in [1.165, 1.54) is 0 Å². The molecule has 1 aliphatic carbocycles. The Kier molecular flexibility index (Phi) is 5.94. The van der Waals surface area contributed by atoms with Crippen molar-refractivity contribution in [1.29, 1.82) is 5.26 Å². The summed E-state index contributed by atoms with van der Waals surface area (Å²) in [5.74, 6) is 0.452. The summed E-state index contributed by atoms with van der Waals surface area (Å²) in [6.07, 6.45) is 3.31. The number of hydrogen-bond donors (Lipinski definition) is 1. The molecule has 0 saturated heterocycles. The third-order valence-electron chi connectivity index (χ3n) is 5.01. The van der Waals surface area contributed by atoms with Gasteiger partial charge in [0.1, 0.15) is 11.8 Å². The molecule has 0 aliphatic heterocycles. The lowest BCUT2D eigenvalue weighted by atomic mass is 9.77. The van der Waals surface area contributed by atoms with Crippen molar-refractivity contribution in [1.82, 2.24) is 0 Å². The molecule has 0 unspecified atom stereocenters. The second-order valence-corrected chi connectivity index (χ2v) is 7.46. The van der Waals surface area contributed by atoms with Crippen LogP contribution >= 0.6 is 23.2 Å². The van der Waals surface area contributed by atoms with Gasteiger partial charge < -0.3 is 10.1 Å². The lowest BCUT2D eigenvalue weighted by molar-refractivity contribution is -0.121. The number of nitriles is 1. The quantitative estimate of drug-likeness (QED) is 0.695. The van der Waals surface area contributed by atoms with Crippen molar-refractivity contribution in [2.24, 2.45) is 0 Å². The number of nitrogens with one attached hydrogen (secondary N) is 1. The first-order chi connectivity index (χ1) is 13.0. The number of hydrogen-bond acceptors (Lipinski definition) is 3. The molecule has 1 N–H and O–H groups in total. The molecule has 0 heterocycles. The SMILES string of the molecule is CCOc1ccc(NC(=O)C2(c3ccc(Cl)cc3Cl)CCCC2)c(C#N)c1. The minimum absolute atomic E-state index is 0.148. The van der Waals surface area contributed by atoms with Crippen molar-refractivity contribution in [3.8, 4) is 11.8 Å². The van der Waals surface area contributed by atoms with E-state index in [1.807, 2.05) is 13.0 Å². The number of ether oxygens (including phenoxy) is 1. The van der Waals surface area contributed by atoms with E-state index in [0.29, 0.717) is 46.5 Å². The number of rotatable bonds is 5. The van der Waals surface area contributed by atoms with E-state index in [9.17, 15) is 10.1 Å². The predicted octanol–water partition coefficient (Wildman–Crippen LogP) is 5.71. The minimum Gasteiger partial charge on any atom is -0.494 e. The summed E-state index contributed by atoms with van der Waals surface area (Å²) in [5.41, 5.74) is 0.910. The second kappa shape index (κ2) is 8.21. The Morgan fingerprint density at radius 2 is 1.96 bits per heavy atom. The highest BCUT2D eigenvalue weighted by Gasteiger charge is 2.44. The summed E-state index contributed by atoms with van der Waals surface area (Å²) in [6, 6.07) is 12.5. The normalized spacial score (nSPS) is 15.2. The molecule has 0 bridgehead atoms. The molecule has 0 atom stereocenters. The van der Waals surface area contributed by atoms with Crippen LogP contribution in [0.3, 0.4) is 0 Å². The number of carbonyl (C=O) groups excluding carboxylic acids is 1. The first-order valence-electron chi connectivity index (χ1n) is 8.94. The van der Waals surface area contributed by atoms with Gasteiger partial charge in [0.2, 0.25) is 5.91 Å². The smallest absolute Gasteiger partial charge is 0.235 e. The highest BCUT2D eigenvalue weighted by molar-refractivity contribution is 6.35. The maximum Gasteiger partial charge on any atom is 0.235 e. The van der Waals surface area contributed by atoms with Crippen LogP contribution in [-0.2, 0) is 10.2 Å². The van der Waals surface area contributed by atoms with Crippen molar-refractivity contribution >= 4 is 34.8 Å². The van der Waals surface area contributed by atoms with Gasteiger partial charge in [0.05, 0.1) is 23.3 Å². The fourth-order valence-corrected chi connectivity index (χ4v) is 4.29. The van der Waals surface area contributed by atoms with Crippen molar-refractivity contribution < 1.29 is 9.53 Å². The zero-order valence-electron chi connectivity index (χ0n) is 15.0. The summed E-state index contributed by atoms with van der Waals surface area (Å²) < 4.78 is 5.43. The minimum atomic E-state index is -0.715. The van der Waals surface area contributed by atoms with Crippen LogP contribution in [0.25, 0.3) is 0 Å². The lowest BCUT2D eigenvalue weighted by Gasteiger charge is -2.29. The van der Waals surface area contributed by atoms with E-state index in [1.54, 1.807) is 30.3 Å². The van der Waals surface area contributed by atoms with E-state index in [0.717, 1.165) is 18.4 Å². The molecule has 4 nitrogen and oxygen atoms in total. The molecule has 0 aromatic heterocycles. The van der Waals surface area contributed by atoms with E-state index in [-0.39, 0.29) is 5.91 Å².